The lowest BCUT2D eigenvalue weighted by atomic mass is 10.1. The molecule has 15 heavy (non-hydrogen) atoms. The molecule has 0 saturated carbocycles. The largest absolute Gasteiger partial charge is 0.344 e. The predicted molar refractivity (Wildman–Crippen MR) is 57.0 cm³/mol. The van der Waals surface area contributed by atoms with Crippen LogP contribution in [0.15, 0.2) is 0 Å². The molecule has 0 aromatic rings. The first-order valence-electron chi connectivity index (χ1n) is 5.64. The fraction of sp³-hybridized carbons (Fsp3) is 0.909. The fourth-order valence-electron chi connectivity index (χ4n) is 1.38. The fourth-order valence-corrected chi connectivity index (χ4v) is 1.38. The van der Waals surface area contributed by atoms with E-state index in [9.17, 15) is 4.79 Å². The number of rotatable bonds is 9. The molecule has 0 atom stereocenters. The number of hydrogen-bond donors (Lipinski definition) is 3. The second-order valence-electron chi connectivity index (χ2n) is 3.98. The number of unbranched alkanes of at least 4 members (excludes halogenated alkanes) is 3. The first-order chi connectivity index (χ1) is 6.95. The van der Waals surface area contributed by atoms with Crippen molar-refractivity contribution in [3.8, 4) is 0 Å². The van der Waals surface area contributed by atoms with Crippen molar-refractivity contribution in [2.24, 2.45) is 0 Å². The number of ketones is 1. The zero-order valence-corrected chi connectivity index (χ0v) is 9.41. The third kappa shape index (κ3) is 11.5. The van der Waals surface area contributed by atoms with E-state index >= 15 is 0 Å². The summed E-state index contributed by atoms with van der Waals surface area (Å²) >= 11 is 0. The summed E-state index contributed by atoms with van der Waals surface area (Å²) in [6.45, 7) is 2.09. The van der Waals surface area contributed by atoms with E-state index in [2.05, 4.69) is 6.92 Å². The van der Waals surface area contributed by atoms with Crippen molar-refractivity contribution >= 4 is 5.78 Å². The molecule has 0 aromatic carbocycles. The van der Waals surface area contributed by atoms with Gasteiger partial charge in [-0.25, -0.2) is 0 Å². The van der Waals surface area contributed by atoms with Gasteiger partial charge >= 0.3 is 0 Å². The number of hydrogen-bond acceptors (Lipinski definition) is 4. The van der Waals surface area contributed by atoms with E-state index in [1.165, 1.54) is 0 Å². The summed E-state index contributed by atoms with van der Waals surface area (Å²) in [6, 6.07) is 0. The maximum Gasteiger partial charge on any atom is 0.275 e. The second-order valence-corrected chi connectivity index (χ2v) is 3.98. The van der Waals surface area contributed by atoms with Crippen molar-refractivity contribution in [2.45, 2.75) is 64.3 Å². The van der Waals surface area contributed by atoms with E-state index in [-0.39, 0.29) is 12.2 Å². The Morgan fingerprint density at radius 1 is 1.00 bits per heavy atom. The summed E-state index contributed by atoms with van der Waals surface area (Å²) in [5.74, 6) is -2.35. The molecule has 0 bridgehead atoms. The predicted octanol–water partition coefficient (Wildman–Crippen LogP) is 1.33. The molecule has 0 aliphatic carbocycles. The van der Waals surface area contributed by atoms with Crippen molar-refractivity contribution in [1.29, 1.82) is 0 Å². The minimum Gasteiger partial charge on any atom is -0.344 e. The van der Waals surface area contributed by atoms with Crippen molar-refractivity contribution in [1.82, 2.24) is 0 Å². The van der Waals surface area contributed by atoms with Crippen LogP contribution in [0.2, 0.25) is 0 Å². The van der Waals surface area contributed by atoms with Gasteiger partial charge in [0.2, 0.25) is 0 Å². The first-order valence-corrected chi connectivity index (χ1v) is 5.64. The Balaban J connectivity index is 3.32. The van der Waals surface area contributed by atoms with Crippen LogP contribution in [-0.4, -0.2) is 27.1 Å². The van der Waals surface area contributed by atoms with Crippen LogP contribution >= 0.6 is 0 Å². The number of carbonyl (C=O) groups is 1. The van der Waals surface area contributed by atoms with E-state index < -0.39 is 5.97 Å². The summed E-state index contributed by atoms with van der Waals surface area (Å²) in [5, 5.41) is 25.7. The van der Waals surface area contributed by atoms with E-state index in [0.717, 1.165) is 19.3 Å². The van der Waals surface area contributed by atoms with E-state index in [4.69, 9.17) is 15.3 Å². The van der Waals surface area contributed by atoms with Crippen molar-refractivity contribution in [2.75, 3.05) is 0 Å². The third-order valence-electron chi connectivity index (χ3n) is 2.28. The normalized spacial score (nSPS) is 11.7. The SMILES string of the molecule is CCCCCC(=O)CCCCC(O)(O)O. The molecular formula is C11H22O4. The molecular weight excluding hydrogens is 196 g/mol. The molecule has 0 unspecified atom stereocenters. The van der Waals surface area contributed by atoms with Gasteiger partial charge in [-0.3, -0.25) is 4.79 Å². The number of aliphatic hydroxyl groups is 3. The standard InChI is InChI=1S/C11H22O4/c1-2-3-4-7-10(12)8-5-6-9-11(13,14)15/h13-15H,2-9H2,1H3. The smallest absolute Gasteiger partial charge is 0.275 e. The lowest BCUT2D eigenvalue weighted by molar-refractivity contribution is -0.315. The van der Waals surface area contributed by atoms with Gasteiger partial charge in [0.15, 0.2) is 0 Å². The van der Waals surface area contributed by atoms with Gasteiger partial charge < -0.3 is 15.3 Å². The molecule has 0 fully saturated rings. The van der Waals surface area contributed by atoms with Gasteiger partial charge in [-0.2, -0.15) is 0 Å². The molecule has 0 rings (SSSR count). The molecule has 0 aliphatic rings. The molecule has 3 N–H and O–H groups in total. The molecule has 0 aliphatic heterocycles. The molecule has 0 spiro atoms. The highest BCUT2D eigenvalue weighted by Crippen LogP contribution is 2.10. The average molecular weight is 218 g/mol. The second kappa shape index (κ2) is 7.79. The summed E-state index contributed by atoms with van der Waals surface area (Å²) < 4.78 is 0. The Kier molecular flexibility index (Phi) is 7.56. The van der Waals surface area contributed by atoms with Gasteiger partial charge in [-0.1, -0.05) is 19.8 Å². The van der Waals surface area contributed by atoms with Gasteiger partial charge in [-0.15, -0.1) is 0 Å². The van der Waals surface area contributed by atoms with E-state index in [0.29, 0.717) is 25.7 Å². The molecule has 0 aromatic heterocycles. The van der Waals surface area contributed by atoms with Crippen LogP contribution in [0.1, 0.15) is 58.3 Å². The van der Waals surface area contributed by atoms with Crippen LogP contribution in [0.25, 0.3) is 0 Å². The van der Waals surface area contributed by atoms with Gasteiger partial charge in [0.25, 0.3) is 5.97 Å². The zero-order chi connectivity index (χ0) is 11.7. The minimum absolute atomic E-state index is 0.102. The highest BCUT2D eigenvalue weighted by Gasteiger charge is 2.16. The Morgan fingerprint density at radius 2 is 1.53 bits per heavy atom. The molecule has 4 heteroatoms. The quantitative estimate of drug-likeness (QED) is 0.403. The van der Waals surface area contributed by atoms with Crippen LogP contribution in [0.5, 0.6) is 0 Å². The molecule has 4 nitrogen and oxygen atoms in total. The van der Waals surface area contributed by atoms with Crippen LogP contribution in [0.4, 0.5) is 0 Å². The topological polar surface area (TPSA) is 77.8 Å². The van der Waals surface area contributed by atoms with Crippen molar-refractivity contribution in [3.63, 3.8) is 0 Å². The molecule has 0 radical (unpaired) electrons. The highest BCUT2D eigenvalue weighted by atomic mass is 16.7. The van der Waals surface area contributed by atoms with Gasteiger partial charge in [0.05, 0.1) is 0 Å². The minimum atomic E-state index is -2.58. The lowest BCUT2D eigenvalue weighted by Crippen LogP contribution is -2.26. The monoisotopic (exact) mass is 218 g/mol. The molecule has 0 amide bonds. The van der Waals surface area contributed by atoms with Crippen LogP contribution in [0.3, 0.4) is 0 Å². The Labute approximate surface area is 90.9 Å². The molecule has 90 valence electrons. The average Bonchev–Trinajstić information content (AvgIpc) is 2.11. The van der Waals surface area contributed by atoms with E-state index in [1.807, 2.05) is 0 Å². The summed E-state index contributed by atoms with van der Waals surface area (Å²) in [6.07, 6.45) is 5.18. The maximum absolute atomic E-state index is 11.3. The van der Waals surface area contributed by atoms with Gasteiger partial charge in [-0.05, 0) is 19.3 Å². The Hall–Kier alpha value is -0.450. The van der Waals surface area contributed by atoms with E-state index in [1.54, 1.807) is 0 Å². The lowest BCUT2D eigenvalue weighted by Gasteiger charge is -2.12. The zero-order valence-electron chi connectivity index (χ0n) is 9.41. The summed E-state index contributed by atoms with van der Waals surface area (Å²) in [5.41, 5.74) is 0. The Morgan fingerprint density at radius 3 is 2.00 bits per heavy atom. The maximum atomic E-state index is 11.3. The van der Waals surface area contributed by atoms with Crippen LogP contribution < -0.4 is 0 Å². The molecule has 0 heterocycles. The van der Waals surface area contributed by atoms with Gasteiger partial charge in [0, 0.05) is 19.3 Å². The van der Waals surface area contributed by atoms with Crippen molar-refractivity contribution < 1.29 is 20.1 Å². The number of Topliss-reactive ketones (excluding diaryl/α,β-unsaturated/α-hetero) is 1. The summed E-state index contributed by atoms with van der Waals surface area (Å²) in [4.78, 5) is 11.3. The first kappa shape index (κ1) is 14.6. The van der Waals surface area contributed by atoms with Crippen LogP contribution in [-0.2, 0) is 4.79 Å². The number of carbonyl (C=O) groups excluding carboxylic acids is 1. The Bertz CT molecular complexity index is 172. The highest BCUT2D eigenvalue weighted by molar-refractivity contribution is 5.78. The van der Waals surface area contributed by atoms with Crippen LogP contribution in [0, 0.1) is 0 Å². The summed E-state index contributed by atoms with van der Waals surface area (Å²) in [7, 11) is 0. The van der Waals surface area contributed by atoms with Crippen molar-refractivity contribution in [3.05, 3.63) is 0 Å². The third-order valence-corrected chi connectivity index (χ3v) is 2.28. The molecule has 0 saturated heterocycles. The van der Waals surface area contributed by atoms with Gasteiger partial charge in [0.1, 0.15) is 5.78 Å².